The molecule has 0 aliphatic carbocycles. The molecule has 9 heteroatoms. The molecule has 0 unspecified atom stereocenters. The van der Waals surface area contributed by atoms with E-state index in [2.05, 4.69) is 10.0 Å². The number of para-hydroxylation sites is 2. The van der Waals surface area contributed by atoms with Crippen molar-refractivity contribution in [2.75, 3.05) is 25.0 Å². The Hall–Kier alpha value is -2.91. The molecule has 1 atom stereocenters. The molecular weight excluding hydrogens is 382 g/mol. The number of likely N-dealkylation sites (N-methyl/N-ethyl adjacent to an activating group) is 1. The number of rotatable bonds is 5. The van der Waals surface area contributed by atoms with E-state index >= 15 is 0 Å². The Morgan fingerprint density at radius 1 is 1.14 bits per heavy atom. The van der Waals surface area contributed by atoms with E-state index < -0.39 is 16.1 Å². The number of anilines is 1. The van der Waals surface area contributed by atoms with Crippen molar-refractivity contribution in [3.63, 3.8) is 0 Å². The van der Waals surface area contributed by atoms with Gasteiger partial charge < -0.3 is 15.0 Å². The Balaban J connectivity index is 1.91. The molecule has 1 aliphatic heterocycles. The Bertz CT molecular complexity index is 989. The van der Waals surface area contributed by atoms with Crippen LogP contribution in [0.1, 0.15) is 17.3 Å². The molecule has 2 amide bonds. The van der Waals surface area contributed by atoms with E-state index in [-0.39, 0.29) is 29.8 Å². The van der Waals surface area contributed by atoms with Gasteiger partial charge in [0.2, 0.25) is 10.0 Å². The predicted octanol–water partition coefficient (Wildman–Crippen LogP) is 1.14. The van der Waals surface area contributed by atoms with Gasteiger partial charge in [0.1, 0.15) is 5.75 Å². The zero-order chi connectivity index (χ0) is 20.3. The number of nitrogens with zero attached hydrogens (tertiary/aromatic N) is 1. The van der Waals surface area contributed by atoms with Gasteiger partial charge in [0, 0.05) is 19.2 Å². The minimum atomic E-state index is -3.60. The number of amides is 2. The van der Waals surface area contributed by atoms with E-state index in [4.69, 9.17) is 4.74 Å². The largest absolute Gasteiger partial charge is 0.477 e. The molecular formula is C19H21N3O5S. The number of sulfonamides is 1. The van der Waals surface area contributed by atoms with Crippen LogP contribution in [0.2, 0.25) is 0 Å². The van der Waals surface area contributed by atoms with Crippen LogP contribution in [0, 0.1) is 0 Å². The molecule has 0 radical (unpaired) electrons. The lowest BCUT2D eigenvalue weighted by molar-refractivity contribution is -0.127. The highest BCUT2D eigenvalue weighted by Crippen LogP contribution is 2.34. The van der Waals surface area contributed by atoms with Crippen LogP contribution in [0.4, 0.5) is 5.69 Å². The maximum atomic E-state index is 13.1. The van der Waals surface area contributed by atoms with E-state index in [0.717, 1.165) is 0 Å². The van der Waals surface area contributed by atoms with Gasteiger partial charge in [-0.3, -0.25) is 9.59 Å². The number of hydrogen-bond donors (Lipinski definition) is 2. The fraction of sp³-hybridized carbons (Fsp3) is 0.263. The molecule has 2 N–H and O–H groups in total. The van der Waals surface area contributed by atoms with Crippen LogP contribution in [-0.2, 0) is 14.8 Å². The summed E-state index contributed by atoms with van der Waals surface area (Å²) in [5.74, 6) is -0.251. The zero-order valence-corrected chi connectivity index (χ0v) is 16.3. The average molecular weight is 403 g/mol. The summed E-state index contributed by atoms with van der Waals surface area (Å²) in [6.45, 7) is 2.01. The third kappa shape index (κ3) is 3.85. The maximum Gasteiger partial charge on any atom is 0.262 e. The fourth-order valence-corrected chi connectivity index (χ4v) is 3.97. The summed E-state index contributed by atoms with van der Waals surface area (Å²) in [5, 5.41) is 2.53. The smallest absolute Gasteiger partial charge is 0.262 e. The molecule has 8 nitrogen and oxygen atoms in total. The maximum absolute atomic E-state index is 13.1. The molecule has 0 saturated carbocycles. The highest BCUT2D eigenvalue weighted by Gasteiger charge is 2.33. The first-order valence-corrected chi connectivity index (χ1v) is 10.2. The van der Waals surface area contributed by atoms with Crippen molar-refractivity contribution in [2.45, 2.75) is 17.9 Å². The van der Waals surface area contributed by atoms with Crippen LogP contribution in [0.3, 0.4) is 0 Å². The number of hydrogen-bond acceptors (Lipinski definition) is 5. The molecule has 1 heterocycles. The highest BCUT2D eigenvalue weighted by molar-refractivity contribution is 7.89. The number of benzene rings is 2. The van der Waals surface area contributed by atoms with E-state index in [1.165, 1.54) is 36.2 Å². The monoisotopic (exact) mass is 403 g/mol. The number of nitrogens with one attached hydrogen (secondary N) is 2. The van der Waals surface area contributed by atoms with Crippen molar-refractivity contribution in [3.05, 3.63) is 54.1 Å². The fourth-order valence-electron chi connectivity index (χ4n) is 2.93. The molecule has 0 fully saturated rings. The summed E-state index contributed by atoms with van der Waals surface area (Å²) >= 11 is 0. The average Bonchev–Trinajstić information content (AvgIpc) is 2.72. The Labute approximate surface area is 163 Å². The summed E-state index contributed by atoms with van der Waals surface area (Å²) in [5.41, 5.74) is 0.861. The second kappa shape index (κ2) is 7.99. The molecule has 2 aromatic rings. The quantitative estimate of drug-likeness (QED) is 0.779. The highest BCUT2D eigenvalue weighted by atomic mass is 32.2. The first-order chi connectivity index (χ1) is 13.4. The number of carbonyl (C=O) groups is 2. The molecule has 0 aromatic heterocycles. The molecule has 0 bridgehead atoms. The minimum Gasteiger partial charge on any atom is -0.477 e. The first kappa shape index (κ1) is 19.8. The standard InChI is InChI=1S/C19H21N3O5S/c1-3-21-28(25,26)14-10-8-13(9-11-14)19(24)22-12-17(18(23)20-2)27-16-7-5-4-6-15(16)22/h4-11,17,21H,3,12H2,1-2H3,(H,20,23)/t17-/m1/s1. The van der Waals surface area contributed by atoms with Crippen molar-refractivity contribution in [3.8, 4) is 5.75 Å². The van der Waals surface area contributed by atoms with Crippen LogP contribution in [0.15, 0.2) is 53.4 Å². The second-order valence-corrected chi connectivity index (χ2v) is 7.90. The summed E-state index contributed by atoms with van der Waals surface area (Å²) in [4.78, 5) is 26.7. The van der Waals surface area contributed by atoms with Gasteiger partial charge in [0.25, 0.3) is 11.8 Å². The summed E-state index contributed by atoms with van der Waals surface area (Å²) in [6, 6.07) is 12.6. The molecule has 28 heavy (non-hydrogen) atoms. The molecule has 148 valence electrons. The van der Waals surface area contributed by atoms with Gasteiger partial charge >= 0.3 is 0 Å². The Morgan fingerprint density at radius 2 is 1.82 bits per heavy atom. The van der Waals surface area contributed by atoms with Crippen LogP contribution in [0.25, 0.3) is 0 Å². The lowest BCUT2D eigenvalue weighted by atomic mass is 10.1. The van der Waals surface area contributed by atoms with Gasteiger partial charge in [-0.05, 0) is 36.4 Å². The van der Waals surface area contributed by atoms with Gasteiger partial charge in [0.05, 0.1) is 17.1 Å². The van der Waals surface area contributed by atoms with Crippen LogP contribution in [-0.4, -0.2) is 46.5 Å². The lowest BCUT2D eigenvalue weighted by Gasteiger charge is -2.34. The molecule has 0 spiro atoms. The number of carbonyl (C=O) groups excluding carboxylic acids is 2. The van der Waals surface area contributed by atoms with Gasteiger partial charge in [-0.2, -0.15) is 0 Å². The van der Waals surface area contributed by atoms with Gasteiger partial charge in [-0.1, -0.05) is 19.1 Å². The number of fused-ring (bicyclic) bond motifs is 1. The van der Waals surface area contributed by atoms with Crippen molar-refractivity contribution >= 4 is 27.5 Å². The van der Waals surface area contributed by atoms with E-state index in [9.17, 15) is 18.0 Å². The van der Waals surface area contributed by atoms with Crippen molar-refractivity contribution in [1.29, 1.82) is 0 Å². The summed E-state index contributed by atoms with van der Waals surface area (Å²) in [7, 11) is -2.10. The van der Waals surface area contributed by atoms with Gasteiger partial charge in [-0.15, -0.1) is 0 Å². The summed E-state index contributed by atoms with van der Waals surface area (Å²) < 4.78 is 32.2. The normalized spacial score (nSPS) is 16.1. The molecule has 0 saturated heterocycles. The molecule has 3 rings (SSSR count). The Morgan fingerprint density at radius 3 is 2.46 bits per heavy atom. The van der Waals surface area contributed by atoms with E-state index in [1.807, 2.05) is 0 Å². The lowest BCUT2D eigenvalue weighted by Crippen LogP contribution is -2.50. The SMILES string of the molecule is CCNS(=O)(=O)c1ccc(C(=O)N2C[C@H](C(=O)NC)Oc3ccccc32)cc1. The number of ether oxygens (including phenoxy) is 1. The van der Waals surface area contributed by atoms with Crippen molar-refractivity contribution in [1.82, 2.24) is 10.0 Å². The Kier molecular flexibility index (Phi) is 5.66. The predicted molar refractivity (Wildman–Crippen MR) is 104 cm³/mol. The molecule has 1 aliphatic rings. The topological polar surface area (TPSA) is 105 Å². The van der Waals surface area contributed by atoms with Crippen LogP contribution >= 0.6 is 0 Å². The molecule has 2 aromatic carbocycles. The van der Waals surface area contributed by atoms with Crippen molar-refractivity contribution in [2.24, 2.45) is 0 Å². The summed E-state index contributed by atoms with van der Waals surface area (Å²) in [6.07, 6.45) is -0.836. The van der Waals surface area contributed by atoms with Crippen molar-refractivity contribution < 1.29 is 22.7 Å². The van der Waals surface area contributed by atoms with Crippen LogP contribution in [0.5, 0.6) is 5.75 Å². The van der Waals surface area contributed by atoms with E-state index in [0.29, 0.717) is 17.0 Å². The second-order valence-electron chi connectivity index (χ2n) is 6.13. The third-order valence-corrected chi connectivity index (χ3v) is 5.87. The van der Waals surface area contributed by atoms with Gasteiger partial charge in [0.15, 0.2) is 6.10 Å². The van der Waals surface area contributed by atoms with Gasteiger partial charge in [-0.25, -0.2) is 13.1 Å². The minimum absolute atomic E-state index is 0.0486. The zero-order valence-electron chi connectivity index (χ0n) is 15.5. The van der Waals surface area contributed by atoms with E-state index in [1.54, 1.807) is 31.2 Å². The van der Waals surface area contributed by atoms with Crippen LogP contribution < -0.4 is 19.7 Å². The first-order valence-electron chi connectivity index (χ1n) is 8.76. The third-order valence-electron chi connectivity index (χ3n) is 4.30.